The molecule has 3 aromatic carbocycles. The normalized spacial score (nSPS) is 12.3. The molecular formula is C30H30F2N6O5. The fourth-order valence-corrected chi connectivity index (χ4v) is 4.85. The van der Waals surface area contributed by atoms with E-state index in [1.807, 2.05) is 24.3 Å². The number of fused-ring (bicyclic) bond motifs is 2. The molecule has 1 aliphatic heterocycles. The number of benzene rings is 3. The van der Waals surface area contributed by atoms with Crippen molar-refractivity contribution in [2.75, 3.05) is 5.73 Å². The molecule has 0 aliphatic carbocycles. The Morgan fingerprint density at radius 1 is 0.953 bits per heavy atom. The molecule has 6 N–H and O–H groups in total. The van der Waals surface area contributed by atoms with Crippen molar-refractivity contribution in [3.63, 3.8) is 0 Å². The van der Waals surface area contributed by atoms with Crippen LogP contribution in [0.15, 0.2) is 54.6 Å². The molecule has 0 radical (unpaired) electrons. The van der Waals surface area contributed by atoms with E-state index in [4.69, 9.17) is 15.6 Å². The molecule has 0 saturated carbocycles. The summed E-state index contributed by atoms with van der Waals surface area (Å²) in [5.74, 6) is -2.57. The van der Waals surface area contributed by atoms with Gasteiger partial charge in [0.2, 0.25) is 5.95 Å². The quantitative estimate of drug-likeness (QED) is 0.249. The van der Waals surface area contributed by atoms with Crippen LogP contribution in [0.1, 0.15) is 48.0 Å². The number of rotatable bonds is 4. The van der Waals surface area contributed by atoms with Gasteiger partial charge in [-0.3, -0.25) is 9.69 Å². The van der Waals surface area contributed by atoms with Crippen LogP contribution in [0.2, 0.25) is 0 Å². The number of primary amides is 1. The number of anilines is 1. The number of nitrogen functional groups attached to an aromatic ring is 1. The van der Waals surface area contributed by atoms with E-state index in [2.05, 4.69) is 15.7 Å². The van der Waals surface area contributed by atoms with E-state index in [-0.39, 0.29) is 35.2 Å². The Hall–Kier alpha value is -5.33. The van der Waals surface area contributed by atoms with Crippen LogP contribution in [0, 0.1) is 11.6 Å². The second-order valence-corrected chi connectivity index (χ2v) is 10.9. The topological polar surface area (TPSA) is 176 Å². The fraction of sp³-hybridized carbons (Fsp3) is 0.233. The van der Waals surface area contributed by atoms with E-state index in [0.29, 0.717) is 29.6 Å². The third-order valence-electron chi connectivity index (χ3n) is 6.87. The molecule has 3 amide bonds. The average Bonchev–Trinajstić information content (AvgIpc) is 3.35. The molecule has 2 heterocycles. The van der Waals surface area contributed by atoms with E-state index >= 15 is 0 Å². The van der Waals surface area contributed by atoms with Crippen molar-refractivity contribution >= 4 is 34.9 Å². The maximum atomic E-state index is 14.5. The standard InChI is InChI=1S/C29H27F2N5O3.CH3NO2/c1-29(2,3)36(28(38)39)15-19-11-22(30)23(31)12-20(19)16-8-9-24-21(10-16)25(34-27(32)33-24)26(37)35-13-17-6-4-5-7-18(17)14-35;2-1(3)4/h4-12H,13-15H2,1-3H3,(H,38,39)(H2,32,33,34);2H2,(H,3,4). The SMILES string of the molecule is CC(C)(C)N(Cc1cc(F)c(F)cc1-c1ccc2nc(N)nc(C(=O)N3Cc4ccccc4C3)c2c1)C(=O)O.NC(=O)O. The van der Waals surface area contributed by atoms with Crippen molar-refractivity contribution in [3.05, 3.63) is 88.6 Å². The summed E-state index contributed by atoms with van der Waals surface area (Å²) in [6, 6.07) is 14.7. The van der Waals surface area contributed by atoms with Crippen LogP contribution in [-0.4, -0.2) is 53.6 Å². The van der Waals surface area contributed by atoms with Gasteiger partial charge in [0.15, 0.2) is 11.6 Å². The molecule has 0 spiro atoms. The summed E-state index contributed by atoms with van der Waals surface area (Å²) in [6.07, 6.45) is -2.53. The molecule has 5 rings (SSSR count). The largest absolute Gasteiger partial charge is 0.465 e. The van der Waals surface area contributed by atoms with Crippen LogP contribution in [-0.2, 0) is 19.6 Å². The van der Waals surface area contributed by atoms with Gasteiger partial charge in [0.05, 0.1) is 12.1 Å². The summed E-state index contributed by atoms with van der Waals surface area (Å²) >= 11 is 0. The third kappa shape index (κ3) is 6.77. The Kier molecular flexibility index (Phi) is 8.46. The first-order valence-corrected chi connectivity index (χ1v) is 13.1. The Labute approximate surface area is 245 Å². The van der Waals surface area contributed by atoms with Crippen molar-refractivity contribution in [2.45, 2.75) is 45.9 Å². The maximum absolute atomic E-state index is 14.5. The van der Waals surface area contributed by atoms with Gasteiger partial charge in [0.1, 0.15) is 5.69 Å². The van der Waals surface area contributed by atoms with Crippen molar-refractivity contribution in [1.29, 1.82) is 0 Å². The van der Waals surface area contributed by atoms with Gasteiger partial charge in [-0.2, -0.15) is 0 Å². The molecule has 43 heavy (non-hydrogen) atoms. The second kappa shape index (κ2) is 11.9. The van der Waals surface area contributed by atoms with Crippen LogP contribution in [0.3, 0.4) is 0 Å². The minimum Gasteiger partial charge on any atom is -0.465 e. The van der Waals surface area contributed by atoms with Gasteiger partial charge in [0.25, 0.3) is 5.91 Å². The third-order valence-corrected chi connectivity index (χ3v) is 6.87. The van der Waals surface area contributed by atoms with Crippen molar-refractivity contribution in [1.82, 2.24) is 19.8 Å². The minimum absolute atomic E-state index is 0.0638. The van der Waals surface area contributed by atoms with E-state index in [1.165, 1.54) is 0 Å². The lowest BCUT2D eigenvalue weighted by atomic mass is 9.95. The molecule has 224 valence electrons. The highest BCUT2D eigenvalue weighted by Gasteiger charge is 2.29. The zero-order valence-electron chi connectivity index (χ0n) is 23.6. The number of hydrogen-bond donors (Lipinski definition) is 4. The number of carbonyl (C=O) groups is 3. The van der Waals surface area contributed by atoms with Gasteiger partial charge < -0.3 is 26.6 Å². The highest BCUT2D eigenvalue weighted by Crippen LogP contribution is 2.33. The lowest BCUT2D eigenvalue weighted by molar-refractivity contribution is 0.0747. The van der Waals surface area contributed by atoms with Gasteiger partial charge in [0, 0.05) is 24.0 Å². The predicted molar refractivity (Wildman–Crippen MR) is 155 cm³/mol. The smallest absolute Gasteiger partial charge is 0.408 e. The van der Waals surface area contributed by atoms with Gasteiger partial charge >= 0.3 is 12.2 Å². The number of halogens is 2. The van der Waals surface area contributed by atoms with Crippen molar-refractivity contribution in [3.8, 4) is 11.1 Å². The first-order chi connectivity index (χ1) is 20.1. The lowest BCUT2D eigenvalue weighted by Crippen LogP contribution is -2.44. The first kappa shape index (κ1) is 30.6. The van der Waals surface area contributed by atoms with Crippen molar-refractivity contribution < 1.29 is 33.4 Å². The van der Waals surface area contributed by atoms with Gasteiger partial charge in [-0.1, -0.05) is 30.3 Å². The molecule has 1 aromatic heterocycles. The molecule has 0 saturated heterocycles. The molecule has 13 heteroatoms. The summed E-state index contributed by atoms with van der Waals surface area (Å²) in [5.41, 5.74) is 12.8. The second-order valence-electron chi connectivity index (χ2n) is 10.9. The van der Waals surface area contributed by atoms with E-state index in [0.717, 1.165) is 28.2 Å². The zero-order chi connectivity index (χ0) is 31.6. The Morgan fingerprint density at radius 3 is 2.09 bits per heavy atom. The molecule has 1 aliphatic rings. The number of aromatic nitrogens is 2. The summed E-state index contributed by atoms with van der Waals surface area (Å²) in [7, 11) is 0. The van der Waals surface area contributed by atoms with Gasteiger partial charge in [-0.05, 0) is 72.9 Å². The lowest BCUT2D eigenvalue weighted by Gasteiger charge is -2.33. The number of carboxylic acid groups (broad SMARTS) is 2. The summed E-state index contributed by atoms with van der Waals surface area (Å²) in [6.45, 7) is 5.81. The summed E-state index contributed by atoms with van der Waals surface area (Å²) < 4.78 is 28.8. The highest BCUT2D eigenvalue weighted by atomic mass is 19.2. The monoisotopic (exact) mass is 592 g/mol. The fourth-order valence-electron chi connectivity index (χ4n) is 4.85. The van der Waals surface area contributed by atoms with E-state index < -0.39 is 29.4 Å². The molecular weight excluding hydrogens is 562 g/mol. The molecule has 4 aromatic rings. The molecule has 11 nitrogen and oxygen atoms in total. The van der Waals surface area contributed by atoms with Crippen LogP contribution < -0.4 is 11.5 Å². The van der Waals surface area contributed by atoms with E-state index in [1.54, 1.807) is 43.9 Å². The van der Waals surface area contributed by atoms with Crippen LogP contribution in [0.25, 0.3) is 22.0 Å². The number of nitrogens with two attached hydrogens (primary N) is 2. The molecule has 0 bridgehead atoms. The predicted octanol–water partition coefficient (Wildman–Crippen LogP) is 5.21. The number of hydrogen-bond acceptors (Lipinski definition) is 6. The number of amides is 3. The minimum atomic E-state index is -1.33. The van der Waals surface area contributed by atoms with Crippen LogP contribution in [0.4, 0.5) is 24.3 Å². The summed E-state index contributed by atoms with van der Waals surface area (Å²) in [5, 5.41) is 17.4. The Bertz CT molecular complexity index is 1710. The molecule has 0 unspecified atom stereocenters. The average molecular weight is 593 g/mol. The maximum Gasteiger partial charge on any atom is 0.408 e. The van der Waals surface area contributed by atoms with Crippen LogP contribution >= 0.6 is 0 Å². The van der Waals surface area contributed by atoms with E-state index in [9.17, 15) is 23.5 Å². The van der Waals surface area contributed by atoms with Crippen LogP contribution in [0.5, 0.6) is 0 Å². The first-order valence-electron chi connectivity index (χ1n) is 13.1. The summed E-state index contributed by atoms with van der Waals surface area (Å²) in [4.78, 5) is 45.7. The molecule has 0 fully saturated rings. The Balaban J connectivity index is 0.000000996. The number of nitrogens with zero attached hydrogens (tertiary/aromatic N) is 4. The van der Waals surface area contributed by atoms with Gasteiger partial charge in [-0.25, -0.2) is 28.3 Å². The van der Waals surface area contributed by atoms with Gasteiger partial charge in [-0.15, -0.1) is 0 Å². The van der Waals surface area contributed by atoms with Crippen molar-refractivity contribution in [2.24, 2.45) is 5.73 Å². The number of carbonyl (C=O) groups excluding carboxylic acids is 1. The zero-order valence-corrected chi connectivity index (χ0v) is 23.6. The Morgan fingerprint density at radius 2 is 1.53 bits per heavy atom. The molecule has 0 atom stereocenters. The highest BCUT2D eigenvalue weighted by molar-refractivity contribution is 6.06.